The number of imidazole rings is 1. The zero-order valence-corrected chi connectivity index (χ0v) is 6.80. The molecule has 0 aromatic carbocycles. The van der Waals surface area contributed by atoms with Crippen molar-refractivity contribution in [1.29, 1.82) is 0 Å². The van der Waals surface area contributed by atoms with Crippen LogP contribution >= 0.6 is 12.4 Å². The molecule has 66 valence electrons. The van der Waals surface area contributed by atoms with E-state index in [1.807, 2.05) is 0 Å². The summed E-state index contributed by atoms with van der Waals surface area (Å²) in [7, 11) is 0. The molecule has 0 radical (unpaired) electrons. The zero-order chi connectivity index (χ0) is 6.97. The largest absolute Gasteiger partial charge is 0.412 e. The zero-order valence-electron chi connectivity index (χ0n) is 5.98. The highest BCUT2D eigenvalue weighted by atomic mass is 35.5. The van der Waals surface area contributed by atoms with E-state index in [2.05, 4.69) is 19.9 Å². The number of halogens is 1. The Morgan fingerprint density at radius 2 is 2.00 bits per heavy atom. The molecule has 0 atom stereocenters. The van der Waals surface area contributed by atoms with Gasteiger partial charge >= 0.3 is 0 Å². The minimum absolute atomic E-state index is 0. The molecule has 0 fully saturated rings. The highest BCUT2D eigenvalue weighted by Crippen LogP contribution is 2.09. The lowest BCUT2D eigenvalue weighted by molar-refractivity contribution is 0.824. The Balaban J connectivity index is 0.000000605. The molecule has 0 amide bonds. The fraction of sp³-hybridized carbons (Fsp3) is 0. The topological polar surface area (TPSA) is 112 Å². The molecular formula is C5H8ClN5O. The SMILES string of the molecule is Cl.O.[15NH2]c1[15n]c[15n]c2[15n]c[15nH]c12. The first-order chi connectivity index (χ1) is 4.88. The van der Waals surface area contributed by atoms with Gasteiger partial charge in [0.05, 0.1) is 6.33 Å². The number of nitrogens with two attached hydrogens (primary N) is 1. The molecule has 2 aromatic heterocycles. The molecule has 0 unspecified atom stereocenters. The van der Waals surface area contributed by atoms with Crippen molar-refractivity contribution in [2.45, 2.75) is 0 Å². The van der Waals surface area contributed by atoms with Crippen molar-refractivity contribution in [2.75, 3.05) is 5.73 Å². The summed E-state index contributed by atoms with van der Waals surface area (Å²) in [6, 6.07) is 0. The van der Waals surface area contributed by atoms with E-state index in [1.54, 1.807) is 0 Å². The molecule has 2 heterocycles. The quantitative estimate of drug-likeness (QED) is 0.552. The van der Waals surface area contributed by atoms with E-state index in [4.69, 9.17) is 5.73 Å². The highest BCUT2D eigenvalue weighted by Gasteiger charge is 1.99. The minimum Gasteiger partial charge on any atom is -0.412 e. The van der Waals surface area contributed by atoms with Gasteiger partial charge in [0.25, 0.3) is 0 Å². The summed E-state index contributed by atoms with van der Waals surface area (Å²) in [4.78, 5) is 14.4. The maximum absolute atomic E-state index is 5.48. The molecule has 0 saturated carbocycles. The number of H-pyrrole nitrogens is 1. The van der Waals surface area contributed by atoms with E-state index in [-0.39, 0.29) is 17.9 Å². The van der Waals surface area contributed by atoms with Crippen molar-refractivity contribution in [1.82, 2.24) is 19.9 Å². The van der Waals surface area contributed by atoms with Crippen molar-refractivity contribution >= 4 is 29.4 Å². The number of aromatic nitrogens is 4. The third kappa shape index (κ3) is 1.44. The number of fused-ring (bicyclic) bond motifs is 1. The molecule has 2 aromatic rings. The summed E-state index contributed by atoms with van der Waals surface area (Å²) in [5.41, 5.74) is 6.78. The van der Waals surface area contributed by atoms with Gasteiger partial charge in [-0.2, -0.15) is 0 Å². The number of anilines is 1. The summed E-state index contributed by atoms with van der Waals surface area (Å²) in [5.74, 6) is 0.433. The minimum atomic E-state index is 0. The molecule has 12 heavy (non-hydrogen) atoms. The molecule has 7 heteroatoms. The van der Waals surface area contributed by atoms with Crippen LogP contribution < -0.4 is 5.73 Å². The molecule has 2 rings (SSSR count). The second-order valence-corrected chi connectivity index (χ2v) is 1.86. The van der Waals surface area contributed by atoms with Gasteiger partial charge in [-0.25, -0.2) is 15.0 Å². The summed E-state index contributed by atoms with van der Waals surface area (Å²) >= 11 is 0. The van der Waals surface area contributed by atoms with Crippen molar-refractivity contribution in [3.05, 3.63) is 12.7 Å². The first-order valence-electron chi connectivity index (χ1n) is 2.77. The van der Waals surface area contributed by atoms with Gasteiger partial charge in [-0.3, -0.25) is 0 Å². The summed E-state index contributed by atoms with van der Waals surface area (Å²) < 4.78 is 0. The molecule has 5 N–H and O–H groups in total. The van der Waals surface area contributed by atoms with E-state index in [1.165, 1.54) is 12.7 Å². The Bertz CT molecular complexity index is 361. The Morgan fingerprint density at radius 3 is 2.67 bits per heavy atom. The molecule has 0 bridgehead atoms. The van der Waals surface area contributed by atoms with Crippen LogP contribution in [0.2, 0.25) is 0 Å². The number of hydrogen-bond acceptors (Lipinski definition) is 4. The predicted molar refractivity (Wildman–Crippen MR) is 47.0 cm³/mol. The molecular weight excluding hydrogens is 187 g/mol. The highest BCUT2D eigenvalue weighted by molar-refractivity contribution is 5.85. The van der Waals surface area contributed by atoms with Crippen molar-refractivity contribution < 1.29 is 5.48 Å². The normalized spacial score (nSPS) is 8.67. The van der Waals surface area contributed by atoms with Gasteiger partial charge in [0.2, 0.25) is 0 Å². The van der Waals surface area contributed by atoms with Gasteiger partial charge in [-0.1, -0.05) is 0 Å². The number of nitrogens with one attached hydrogen (secondary N) is 1. The molecule has 0 aliphatic carbocycles. The smallest absolute Gasteiger partial charge is 0.182 e. The first kappa shape index (κ1) is 10.6. The Morgan fingerprint density at radius 1 is 1.25 bits per heavy atom. The van der Waals surface area contributed by atoms with Crippen LogP contribution in [0.25, 0.3) is 11.2 Å². The summed E-state index contributed by atoms with van der Waals surface area (Å²) in [5, 5.41) is 0. The Labute approximate surface area is 74.0 Å². The number of hydrogen-bond donors (Lipinski definition) is 2. The first-order valence-corrected chi connectivity index (χ1v) is 2.77. The maximum Gasteiger partial charge on any atom is 0.182 e. The van der Waals surface area contributed by atoms with Crippen molar-refractivity contribution in [3.8, 4) is 0 Å². The van der Waals surface area contributed by atoms with Gasteiger partial charge in [-0.05, 0) is 0 Å². The lowest BCUT2D eigenvalue weighted by Crippen LogP contribution is -1.91. The van der Waals surface area contributed by atoms with E-state index in [9.17, 15) is 0 Å². The van der Waals surface area contributed by atoms with Crippen LogP contribution in [0.3, 0.4) is 0 Å². The molecule has 6 nitrogen and oxygen atoms in total. The Kier molecular flexibility index (Phi) is 3.39. The van der Waals surface area contributed by atoms with Crippen LogP contribution in [0.4, 0.5) is 5.82 Å². The number of rotatable bonds is 0. The van der Waals surface area contributed by atoms with E-state index in [0.717, 1.165) is 0 Å². The van der Waals surface area contributed by atoms with E-state index < -0.39 is 0 Å². The molecule has 0 saturated heterocycles. The lowest BCUT2D eigenvalue weighted by atomic mass is 10.6. The van der Waals surface area contributed by atoms with Gasteiger partial charge in [0.15, 0.2) is 11.5 Å². The summed E-state index contributed by atoms with van der Waals surface area (Å²) in [6.07, 6.45) is 2.92. The van der Waals surface area contributed by atoms with Crippen LogP contribution in [0.1, 0.15) is 0 Å². The van der Waals surface area contributed by atoms with Crippen LogP contribution in [-0.2, 0) is 0 Å². The lowest BCUT2D eigenvalue weighted by Gasteiger charge is -1.89. The van der Waals surface area contributed by atoms with Gasteiger partial charge in [0.1, 0.15) is 11.8 Å². The third-order valence-electron chi connectivity index (χ3n) is 1.25. The Hall–Kier alpha value is -1.40. The number of nitrogen functional groups attached to an aromatic ring is 1. The second kappa shape index (κ2) is 3.84. The van der Waals surface area contributed by atoms with Crippen LogP contribution in [-0.4, -0.2) is 25.4 Å². The van der Waals surface area contributed by atoms with E-state index >= 15 is 0 Å². The van der Waals surface area contributed by atoms with Gasteiger partial charge in [0, 0.05) is 0 Å². The monoisotopic (exact) mass is 194 g/mol. The average Bonchev–Trinajstić information content (AvgIpc) is 2.36. The fourth-order valence-corrected chi connectivity index (χ4v) is 0.784. The standard InChI is InChI=1S/C5H5N5.ClH.H2O/c6-4-3-5(9-1-7-3)10-2-8-4;;/h1-2H,(H3,6,7,8,9,10);1H;1H2/i6+1,7+1,8+1,9+1,10+1;;. The van der Waals surface area contributed by atoms with E-state index in [0.29, 0.717) is 17.0 Å². The molecule has 0 aliphatic rings. The maximum atomic E-state index is 5.48. The van der Waals surface area contributed by atoms with Crippen LogP contribution in [0.5, 0.6) is 0 Å². The molecule has 0 aliphatic heterocycles. The van der Waals surface area contributed by atoms with Gasteiger partial charge < -0.3 is 16.2 Å². The number of aromatic amines is 1. The fourth-order valence-electron chi connectivity index (χ4n) is 0.784. The predicted octanol–water partition coefficient (Wildman–Crippen LogP) is -0.468. The average molecular weight is 195 g/mol. The van der Waals surface area contributed by atoms with Crippen molar-refractivity contribution in [3.63, 3.8) is 0 Å². The van der Waals surface area contributed by atoms with Crippen LogP contribution in [0, 0.1) is 0 Å². The summed E-state index contributed by atoms with van der Waals surface area (Å²) in [6.45, 7) is 0. The third-order valence-corrected chi connectivity index (χ3v) is 1.25. The molecule has 0 spiro atoms. The van der Waals surface area contributed by atoms with Gasteiger partial charge in [-0.15, -0.1) is 12.4 Å². The number of nitrogens with zero attached hydrogens (tertiary/aromatic N) is 3. The second-order valence-electron chi connectivity index (χ2n) is 1.86. The van der Waals surface area contributed by atoms with Crippen LogP contribution in [0.15, 0.2) is 12.7 Å². The van der Waals surface area contributed by atoms with Crippen molar-refractivity contribution in [2.24, 2.45) is 0 Å².